The Hall–Kier alpha value is -0.910. The molecular formula is C13H24N4O. The molecule has 0 saturated carbocycles. The average molecular weight is 252 g/mol. The highest BCUT2D eigenvalue weighted by atomic mass is 16.3. The van der Waals surface area contributed by atoms with Gasteiger partial charge in [-0.05, 0) is 13.8 Å². The second kappa shape index (κ2) is 5.82. The van der Waals surface area contributed by atoms with Gasteiger partial charge >= 0.3 is 0 Å². The topological polar surface area (TPSA) is 44.5 Å². The van der Waals surface area contributed by atoms with Crippen molar-refractivity contribution in [2.24, 2.45) is 7.05 Å². The molecule has 0 aliphatic carbocycles. The Morgan fingerprint density at radius 2 is 2.28 bits per heavy atom. The molecule has 1 saturated heterocycles. The van der Waals surface area contributed by atoms with Crippen LogP contribution in [0.2, 0.25) is 0 Å². The van der Waals surface area contributed by atoms with E-state index in [0.29, 0.717) is 6.04 Å². The third-order valence-electron chi connectivity index (χ3n) is 3.51. The second-order valence-electron chi connectivity index (χ2n) is 5.45. The summed E-state index contributed by atoms with van der Waals surface area (Å²) in [6, 6.07) is 0.505. The van der Waals surface area contributed by atoms with Crippen LogP contribution in [0.5, 0.6) is 0 Å². The molecule has 0 aromatic carbocycles. The molecule has 18 heavy (non-hydrogen) atoms. The minimum Gasteiger partial charge on any atom is -0.392 e. The maximum Gasteiger partial charge on any atom is 0.0639 e. The minimum atomic E-state index is -0.239. The summed E-state index contributed by atoms with van der Waals surface area (Å²) in [5.74, 6) is 0. The van der Waals surface area contributed by atoms with E-state index in [2.05, 4.69) is 28.0 Å². The molecule has 0 bridgehead atoms. The maximum atomic E-state index is 9.46. The summed E-state index contributed by atoms with van der Waals surface area (Å²) in [7, 11) is 1.95. The van der Waals surface area contributed by atoms with Crippen LogP contribution < -0.4 is 0 Å². The van der Waals surface area contributed by atoms with Crippen molar-refractivity contribution in [2.45, 2.75) is 32.5 Å². The third kappa shape index (κ3) is 3.54. The van der Waals surface area contributed by atoms with E-state index >= 15 is 0 Å². The van der Waals surface area contributed by atoms with Crippen LogP contribution in [-0.2, 0) is 13.6 Å². The van der Waals surface area contributed by atoms with Gasteiger partial charge in [-0.1, -0.05) is 0 Å². The largest absolute Gasteiger partial charge is 0.392 e. The summed E-state index contributed by atoms with van der Waals surface area (Å²) in [6.07, 6.45) is 3.77. The van der Waals surface area contributed by atoms with Gasteiger partial charge in [0.25, 0.3) is 0 Å². The molecule has 102 valence electrons. The number of β-amino-alcohol motifs (C(OH)–C–C–N with tert-alkyl or cyclic N) is 1. The lowest BCUT2D eigenvalue weighted by atomic mass is 10.1. The zero-order chi connectivity index (χ0) is 13.1. The van der Waals surface area contributed by atoms with Gasteiger partial charge in [0.2, 0.25) is 0 Å². The van der Waals surface area contributed by atoms with E-state index in [1.165, 1.54) is 5.56 Å². The Morgan fingerprint density at radius 3 is 2.83 bits per heavy atom. The molecule has 5 heteroatoms. The highest BCUT2D eigenvalue weighted by molar-refractivity contribution is 5.03. The van der Waals surface area contributed by atoms with Gasteiger partial charge in [0, 0.05) is 57.6 Å². The van der Waals surface area contributed by atoms with Crippen LogP contribution in [0.25, 0.3) is 0 Å². The fourth-order valence-electron chi connectivity index (χ4n) is 2.64. The molecule has 0 amide bonds. The first-order chi connectivity index (χ1) is 8.54. The lowest BCUT2D eigenvalue weighted by molar-refractivity contribution is 0.0423. The first-order valence-electron chi connectivity index (χ1n) is 6.66. The standard InChI is InChI=1S/C13H24N4O/c1-11-7-16(4-5-17(11)8-12(2)18)10-13-6-14-15(3)9-13/h6,9,11-12,18H,4-5,7-8,10H2,1-3H3/t11-,12+/m0/s1. The summed E-state index contributed by atoms with van der Waals surface area (Å²) < 4.78 is 1.85. The fraction of sp³-hybridized carbons (Fsp3) is 0.769. The Labute approximate surface area is 109 Å². The summed E-state index contributed by atoms with van der Waals surface area (Å²) in [6.45, 7) is 9.00. The van der Waals surface area contributed by atoms with Gasteiger partial charge in [-0.15, -0.1) is 0 Å². The molecule has 2 heterocycles. The van der Waals surface area contributed by atoms with E-state index in [-0.39, 0.29) is 6.10 Å². The molecule has 1 N–H and O–H groups in total. The highest BCUT2D eigenvalue weighted by Gasteiger charge is 2.24. The lowest BCUT2D eigenvalue weighted by Crippen LogP contribution is -2.53. The molecule has 5 nitrogen and oxygen atoms in total. The van der Waals surface area contributed by atoms with Crippen LogP contribution in [0.4, 0.5) is 0 Å². The van der Waals surface area contributed by atoms with Crippen LogP contribution in [0.15, 0.2) is 12.4 Å². The number of rotatable bonds is 4. The Balaban J connectivity index is 1.84. The van der Waals surface area contributed by atoms with Gasteiger partial charge < -0.3 is 5.11 Å². The van der Waals surface area contributed by atoms with Crippen molar-refractivity contribution in [3.63, 3.8) is 0 Å². The molecule has 1 aromatic heterocycles. The van der Waals surface area contributed by atoms with Crippen LogP contribution >= 0.6 is 0 Å². The first-order valence-corrected chi connectivity index (χ1v) is 6.66. The summed E-state index contributed by atoms with van der Waals surface area (Å²) >= 11 is 0. The van der Waals surface area contributed by atoms with E-state index in [1.54, 1.807) is 0 Å². The third-order valence-corrected chi connectivity index (χ3v) is 3.51. The number of piperazine rings is 1. The average Bonchev–Trinajstić information content (AvgIpc) is 2.68. The van der Waals surface area contributed by atoms with Crippen molar-refractivity contribution in [1.29, 1.82) is 0 Å². The molecule has 0 radical (unpaired) electrons. The quantitative estimate of drug-likeness (QED) is 0.837. The van der Waals surface area contributed by atoms with Crippen molar-refractivity contribution in [1.82, 2.24) is 19.6 Å². The van der Waals surface area contributed by atoms with Crippen molar-refractivity contribution in [2.75, 3.05) is 26.2 Å². The molecule has 2 atom stereocenters. The van der Waals surface area contributed by atoms with Gasteiger partial charge in [-0.25, -0.2) is 0 Å². The lowest BCUT2D eigenvalue weighted by Gasteiger charge is -2.40. The number of aryl methyl sites for hydroxylation is 1. The summed E-state index contributed by atoms with van der Waals surface area (Å²) in [5.41, 5.74) is 1.27. The van der Waals surface area contributed by atoms with Crippen molar-refractivity contribution >= 4 is 0 Å². The maximum absolute atomic E-state index is 9.46. The highest BCUT2D eigenvalue weighted by Crippen LogP contribution is 2.13. The van der Waals surface area contributed by atoms with E-state index in [4.69, 9.17) is 0 Å². The van der Waals surface area contributed by atoms with Crippen LogP contribution in [-0.4, -0.2) is 63.0 Å². The Bertz CT molecular complexity index is 377. The van der Waals surface area contributed by atoms with E-state index in [0.717, 1.165) is 32.7 Å². The smallest absolute Gasteiger partial charge is 0.0639 e. The van der Waals surface area contributed by atoms with Crippen LogP contribution in [0.1, 0.15) is 19.4 Å². The van der Waals surface area contributed by atoms with Crippen molar-refractivity contribution in [3.05, 3.63) is 18.0 Å². The molecule has 1 aliphatic heterocycles. The fourth-order valence-corrected chi connectivity index (χ4v) is 2.64. The zero-order valence-corrected chi connectivity index (χ0v) is 11.6. The SMILES string of the molecule is C[C@@H](O)CN1CCN(Cc2cnn(C)c2)C[C@@H]1C. The number of aliphatic hydroxyl groups excluding tert-OH is 1. The van der Waals surface area contributed by atoms with Gasteiger partial charge in [0.15, 0.2) is 0 Å². The summed E-state index contributed by atoms with van der Waals surface area (Å²) in [5, 5.41) is 13.7. The Morgan fingerprint density at radius 1 is 1.50 bits per heavy atom. The van der Waals surface area contributed by atoms with Gasteiger partial charge in [-0.3, -0.25) is 14.5 Å². The van der Waals surface area contributed by atoms with Crippen molar-refractivity contribution < 1.29 is 5.11 Å². The molecule has 0 unspecified atom stereocenters. The number of nitrogens with zero attached hydrogens (tertiary/aromatic N) is 4. The van der Waals surface area contributed by atoms with Crippen LogP contribution in [0, 0.1) is 0 Å². The van der Waals surface area contributed by atoms with Crippen molar-refractivity contribution in [3.8, 4) is 0 Å². The first kappa shape index (κ1) is 13.5. The van der Waals surface area contributed by atoms with Gasteiger partial charge in [-0.2, -0.15) is 5.10 Å². The Kier molecular flexibility index (Phi) is 4.37. The van der Waals surface area contributed by atoms with E-state index < -0.39 is 0 Å². The normalized spacial score (nSPS) is 24.3. The zero-order valence-electron chi connectivity index (χ0n) is 11.6. The predicted molar refractivity (Wildman–Crippen MR) is 71.2 cm³/mol. The van der Waals surface area contributed by atoms with Crippen LogP contribution in [0.3, 0.4) is 0 Å². The van der Waals surface area contributed by atoms with E-state index in [9.17, 15) is 5.11 Å². The summed E-state index contributed by atoms with van der Waals surface area (Å²) in [4.78, 5) is 4.82. The van der Waals surface area contributed by atoms with Gasteiger partial charge in [0.1, 0.15) is 0 Å². The molecule has 1 fully saturated rings. The second-order valence-corrected chi connectivity index (χ2v) is 5.45. The molecule has 2 rings (SSSR count). The molecular weight excluding hydrogens is 228 g/mol. The van der Waals surface area contributed by atoms with Gasteiger partial charge in [0.05, 0.1) is 12.3 Å². The molecule has 1 aromatic rings. The predicted octanol–water partition coefficient (Wildman–Crippen LogP) is 0.307. The number of aromatic nitrogens is 2. The molecule has 0 spiro atoms. The number of hydrogen-bond donors (Lipinski definition) is 1. The minimum absolute atomic E-state index is 0.239. The van der Waals surface area contributed by atoms with E-state index in [1.807, 2.05) is 24.9 Å². The number of aliphatic hydroxyl groups is 1. The number of hydrogen-bond acceptors (Lipinski definition) is 4. The monoisotopic (exact) mass is 252 g/mol. The molecule has 1 aliphatic rings.